The topological polar surface area (TPSA) is 56.6 Å². The molecule has 144 valence electrons. The molecule has 6 heteroatoms. The molecule has 2 aromatic rings. The number of aromatic nitrogens is 2. The van der Waals surface area contributed by atoms with Crippen LogP contribution in [0.2, 0.25) is 0 Å². The summed E-state index contributed by atoms with van der Waals surface area (Å²) in [6.45, 7) is 3.10. The van der Waals surface area contributed by atoms with Gasteiger partial charge in [-0.05, 0) is 49.3 Å². The van der Waals surface area contributed by atoms with Crippen molar-refractivity contribution in [2.75, 3.05) is 26.8 Å². The first kappa shape index (κ1) is 17.9. The number of piperidine rings is 1. The quantitative estimate of drug-likeness (QED) is 0.813. The average Bonchev–Trinajstić information content (AvgIpc) is 3.25. The first-order valence-corrected chi connectivity index (χ1v) is 9.79. The Balaban J connectivity index is 1.29. The van der Waals surface area contributed by atoms with E-state index >= 15 is 0 Å². The number of amides is 1. The molecule has 1 atom stereocenters. The van der Waals surface area contributed by atoms with Gasteiger partial charge in [-0.1, -0.05) is 12.1 Å². The number of rotatable bonds is 5. The lowest BCUT2D eigenvalue weighted by atomic mass is 9.91. The highest BCUT2D eigenvalue weighted by atomic mass is 16.5. The Kier molecular flexibility index (Phi) is 5.32. The maximum absolute atomic E-state index is 13.0. The summed E-state index contributed by atoms with van der Waals surface area (Å²) in [4.78, 5) is 15.0. The summed E-state index contributed by atoms with van der Waals surface area (Å²) in [5.41, 5.74) is 1.06. The van der Waals surface area contributed by atoms with Gasteiger partial charge in [0, 0.05) is 32.0 Å². The SMILES string of the molecule is COc1cccc2c1OCC(C(=O)N1CCC(CCn3cccn3)CC1)C2. The van der Waals surface area contributed by atoms with Gasteiger partial charge < -0.3 is 14.4 Å². The summed E-state index contributed by atoms with van der Waals surface area (Å²) in [7, 11) is 1.65. The van der Waals surface area contributed by atoms with E-state index in [4.69, 9.17) is 9.47 Å². The van der Waals surface area contributed by atoms with E-state index in [0.29, 0.717) is 12.5 Å². The molecule has 2 aliphatic heterocycles. The standard InChI is InChI=1S/C21H27N3O3/c1-26-19-5-2-4-17-14-18(15-27-20(17)19)21(25)23-11-6-16(7-12-23)8-13-24-10-3-9-22-24/h2-5,9-10,16,18H,6-8,11-15H2,1H3. The normalized spacial score (nSPS) is 20.0. The van der Waals surface area contributed by atoms with Crippen molar-refractivity contribution in [3.8, 4) is 11.5 Å². The highest BCUT2D eigenvalue weighted by Gasteiger charge is 2.32. The van der Waals surface area contributed by atoms with E-state index in [1.54, 1.807) is 7.11 Å². The first-order chi connectivity index (χ1) is 13.2. The molecule has 0 radical (unpaired) electrons. The van der Waals surface area contributed by atoms with Gasteiger partial charge in [0.05, 0.1) is 13.0 Å². The number of ether oxygens (including phenoxy) is 2. The molecule has 1 unspecified atom stereocenters. The number of aryl methyl sites for hydroxylation is 1. The van der Waals surface area contributed by atoms with Crippen molar-refractivity contribution < 1.29 is 14.3 Å². The second kappa shape index (κ2) is 8.03. The second-order valence-corrected chi connectivity index (χ2v) is 7.49. The summed E-state index contributed by atoms with van der Waals surface area (Å²) in [5.74, 6) is 2.35. The highest BCUT2D eigenvalue weighted by molar-refractivity contribution is 5.80. The maximum atomic E-state index is 13.0. The zero-order valence-electron chi connectivity index (χ0n) is 15.8. The van der Waals surface area contributed by atoms with Crippen LogP contribution >= 0.6 is 0 Å². The predicted molar refractivity (Wildman–Crippen MR) is 102 cm³/mol. The molecule has 6 nitrogen and oxygen atoms in total. The van der Waals surface area contributed by atoms with Gasteiger partial charge in [0.1, 0.15) is 6.61 Å². The van der Waals surface area contributed by atoms with E-state index in [-0.39, 0.29) is 11.8 Å². The Labute approximate surface area is 160 Å². The smallest absolute Gasteiger partial charge is 0.229 e. The van der Waals surface area contributed by atoms with Gasteiger partial charge in [0.15, 0.2) is 11.5 Å². The van der Waals surface area contributed by atoms with Crippen LogP contribution in [-0.4, -0.2) is 47.4 Å². The molecular weight excluding hydrogens is 342 g/mol. The molecule has 0 aliphatic carbocycles. The number of likely N-dealkylation sites (tertiary alicyclic amines) is 1. The van der Waals surface area contributed by atoms with E-state index in [2.05, 4.69) is 5.10 Å². The van der Waals surface area contributed by atoms with E-state index < -0.39 is 0 Å². The number of carbonyl (C=O) groups is 1. The maximum Gasteiger partial charge on any atom is 0.229 e. The summed E-state index contributed by atoms with van der Waals surface area (Å²) in [5, 5.41) is 4.27. The fourth-order valence-electron chi connectivity index (χ4n) is 4.16. The largest absolute Gasteiger partial charge is 0.493 e. The molecule has 0 bridgehead atoms. The van der Waals surface area contributed by atoms with Crippen molar-refractivity contribution in [1.82, 2.24) is 14.7 Å². The van der Waals surface area contributed by atoms with Crippen LogP contribution in [0.4, 0.5) is 0 Å². The van der Waals surface area contributed by atoms with Crippen LogP contribution in [0.5, 0.6) is 11.5 Å². The van der Waals surface area contributed by atoms with Crippen LogP contribution < -0.4 is 9.47 Å². The van der Waals surface area contributed by atoms with Gasteiger partial charge in [-0.25, -0.2) is 0 Å². The number of nitrogens with zero attached hydrogens (tertiary/aromatic N) is 3. The molecule has 1 amide bonds. The van der Waals surface area contributed by atoms with Crippen LogP contribution in [0.3, 0.4) is 0 Å². The fraction of sp³-hybridized carbons (Fsp3) is 0.524. The average molecular weight is 369 g/mol. The molecule has 0 spiro atoms. The number of hydrogen-bond donors (Lipinski definition) is 0. The zero-order chi connectivity index (χ0) is 18.6. The van der Waals surface area contributed by atoms with Crippen molar-refractivity contribution in [3.63, 3.8) is 0 Å². The number of fused-ring (bicyclic) bond motifs is 1. The number of benzene rings is 1. The van der Waals surface area contributed by atoms with Crippen LogP contribution in [0.15, 0.2) is 36.7 Å². The molecule has 1 fully saturated rings. The van der Waals surface area contributed by atoms with E-state index in [1.165, 1.54) is 0 Å². The summed E-state index contributed by atoms with van der Waals surface area (Å²) in [6.07, 6.45) is 7.83. The van der Waals surface area contributed by atoms with Crippen molar-refractivity contribution in [2.24, 2.45) is 11.8 Å². The first-order valence-electron chi connectivity index (χ1n) is 9.79. The van der Waals surface area contributed by atoms with Gasteiger partial charge in [-0.2, -0.15) is 5.10 Å². The molecule has 0 saturated carbocycles. The van der Waals surface area contributed by atoms with Crippen molar-refractivity contribution >= 4 is 5.91 Å². The van der Waals surface area contributed by atoms with Gasteiger partial charge in [0.25, 0.3) is 0 Å². The Bertz CT molecular complexity index is 767. The number of carbonyl (C=O) groups excluding carboxylic acids is 1. The number of hydrogen-bond acceptors (Lipinski definition) is 4. The Morgan fingerprint density at radius 2 is 2.15 bits per heavy atom. The van der Waals surface area contributed by atoms with Crippen molar-refractivity contribution in [1.29, 1.82) is 0 Å². The molecule has 1 saturated heterocycles. The third kappa shape index (κ3) is 3.94. The molecule has 27 heavy (non-hydrogen) atoms. The summed E-state index contributed by atoms with van der Waals surface area (Å²) in [6, 6.07) is 7.84. The van der Waals surface area contributed by atoms with E-state index in [0.717, 1.165) is 62.4 Å². The molecular formula is C21H27N3O3. The third-order valence-electron chi connectivity index (χ3n) is 5.78. The minimum atomic E-state index is -0.0924. The van der Waals surface area contributed by atoms with Crippen LogP contribution in [0, 0.1) is 11.8 Å². The second-order valence-electron chi connectivity index (χ2n) is 7.49. The zero-order valence-corrected chi connectivity index (χ0v) is 15.8. The number of methoxy groups -OCH3 is 1. The van der Waals surface area contributed by atoms with Crippen LogP contribution in [-0.2, 0) is 17.8 Å². The molecule has 1 aromatic heterocycles. The third-order valence-corrected chi connectivity index (χ3v) is 5.78. The fourth-order valence-corrected chi connectivity index (χ4v) is 4.16. The van der Waals surface area contributed by atoms with Gasteiger partial charge in [-0.3, -0.25) is 9.48 Å². The van der Waals surface area contributed by atoms with Crippen molar-refractivity contribution in [3.05, 3.63) is 42.2 Å². The molecule has 1 aromatic carbocycles. The Hall–Kier alpha value is -2.50. The predicted octanol–water partition coefficient (Wildman–Crippen LogP) is 2.77. The Morgan fingerprint density at radius 3 is 2.89 bits per heavy atom. The van der Waals surface area contributed by atoms with Gasteiger partial charge in [0.2, 0.25) is 5.91 Å². The van der Waals surface area contributed by atoms with Gasteiger partial charge in [-0.15, -0.1) is 0 Å². The summed E-state index contributed by atoms with van der Waals surface area (Å²) >= 11 is 0. The lowest BCUT2D eigenvalue weighted by molar-refractivity contribution is -0.138. The summed E-state index contributed by atoms with van der Waals surface area (Å²) < 4.78 is 13.2. The minimum absolute atomic E-state index is 0.0924. The van der Waals surface area contributed by atoms with E-state index in [9.17, 15) is 4.79 Å². The van der Waals surface area contributed by atoms with E-state index in [1.807, 2.05) is 46.2 Å². The lowest BCUT2D eigenvalue weighted by Crippen LogP contribution is -2.44. The lowest BCUT2D eigenvalue weighted by Gasteiger charge is -2.35. The molecule has 0 N–H and O–H groups in total. The molecule has 4 rings (SSSR count). The molecule has 3 heterocycles. The number of para-hydroxylation sites is 1. The van der Waals surface area contributed by atoms with Crippen LogP contribution in [0.1, 0.15) is 24.8 Å². The Morgan fingerprint density at radius 1 is 1.30 bits per heavy atom. The highest BCUT2D eigenvalue weighted by Crippen LogP contribution is 2.36. The van der Waals surface area contributed by atoms with Crippen molar-refractivity contribution in [2.45, 2.75) is 32.2 Å². The van der Waals surface area contributed by atoms with Crippen LogP contribution in [0.25, 0.3) is 0 Å². The minimum Gasteiger partial charge on any atom is -0.493 e. The molecule has 2 aliphatic rings. The monoisotopic (exact) mass is 369 g/mol. The van der Waals surface area contributed by atoms with Gasteiger partial charge >= 0.3 is 0 Å².